The fraction of sp³-hybridized carbons (Fsp3) is 0.364. The Bertz CT molecular complexity index is 936. The van der Waals surface area contributed by atoms with Gasteiger partial charge in [0.25, 0.3) is 0 Å². The van der Waals surface area contributed by atoms with Crippen LogP contribution in [-0.4, -0.2) is 49.3 Å². The van der Waals surface area contributed by atoms with E-state index in [9.17, 15) is 14.7 Å². The molecule has 2 amide bonds. The molecular formula is C22H26ClN3O4. The van der Waals surface area contributed by atoms with Gasteiger partial charge in [-0.3, -0.25) is 9.59 Å². The van der Waals surface area contributed by atoms with Gasteiger partial charge in [-0.25, -0.2) is 0 Å². The Kier molecular flexibility index (Phi) is 6.97. The predicted octanol–water partition coefficient (Wildman–Crippen LogP) is 1.91. The molecule has 2 aromatic carbocycles. The molecule has 2 aromatic rings. The number of halogens is 1. The number of carbonyl (C=O) groups excluding carboxylic acids is 2. The van der Waals surface area contributed by atoms with Crippen LogP contribution in [0, 0.1) is 0 Å². The minimum absolute atomic E-state index is 0. The zero-order valence-corrected chi connectivity index (χ0v) is 17.6. The Labute approximate surface area is 181 Å². The van der Waals surface area contributed by atoms with Gasteiger partial charge in [0, 0.05) is 24.5 Å². The van der Waals surface area contributed by atoms with Crippen LogP contribution < -0.4 is 20.3 Å². The summed E-state index contributed by atoms with van der Waals surface area (Å²) in [7, 11) is 1.61. The van der Waals surface area contributed by atoms with Gasteiger partial charge in [-0.15, -0.1) is 12.4 Å². The second kappa shape index (κ2) is 9.47. The summed E-state index contributed by atoms with van der Waals surface area (Å²) in [5.74, 6) is 0.572. The Hall–Kier alpha value is -2.61. The van der Waals surface area contributed by atoms with E-state index in [2.05, 4.69) is 10.6 Å². The molecule has 2 heterocycles. The standard InChI is InChI=1S/C22H25N3O4.ClH/c1-29-18-4-2-3-14(9-18)10-21(27)25-8-7-15-5-6-16(11-20(15)25)24-22(28)19-12-17(26)13-23-19;/h2-6,9,11,17,19,23,26H,7-8,10,12-13H2,1H3,(H,24,28);1H. The van der Waals surface area contributed by atoms with Gasteiger partial charge in [0.15, 0.2) is 0 Å². The van der Waals surface area contributed by atoms with E-state index < -0.39 is 12.1 Å². The highest BCUT2D eigenvalue weighted by atomic mass is 35.5. The van der Waals surface area contributed by atoms with Crippen molar-refractivity contribution in [2.75, 3.05) is 30.4 Å². The lowest BCUT2D eigenvalue weighted by molar-refractivity contribution is -0.118. The first-order valence-corrected chi connectivity index (χ1v) is 9.82. The van der Waals surface area contributed by atoms with Gasteiger partial charge in [-0.05, 0) is 48.2 Å². The molecule has 0 radical (unpaired) electrons. The zero-order chi connectivity index (χ0) is 20.4. The molecule has 2 unspecified atom stereocenters. The third-order valence-electron chi connectivity index (χ3n) is 5.46. The summed E-state index contributed by atoms with van der Waals surface area (Å²) in [6.45, 7) is 1.06. The number of rotatable bonds is 5. The van der Waals surface area contributed by atoms with Crippen LogP contribution in [0.5, 0.6) is 5.75 Å². The molecule has 30 heavy (non-hydrogen) atoms. The number of hydrogen-bond acceptors (Lipinski definition) is 5. The van der Waals surface area contributed by atoms with Gasteiger partial charge < -0.3 is 25.4 Å². The first-order chi connectivity index (χ1) is 14.0. The Morgan fingerprint density at radius 2 is 2.10 bits per heavy atom. The first-order valence-electron chi connectivity index (χ1n) is 9.82. The highest BCUT2D eigenvalue weighted by Crippen LogP contribution is 2.31. The van der Waals surface area contributed by atoms with Gasteiger partial charge in [0.05, 0.1) is 25.7 Å². The van der Waals surface area contributed by atoms with E-state index in [1.807, 2.05) is 42.5 Å². The maximum absolute atomic E-state index is 12.9. The summed E-state index contributed by atoms with van der Waals surface area (Å²) in [5.41, 5.74) is 3.49. The molecule has 1 saturated heterocycles. The van der Waals surface area contributed by atoms with Crippen LogP contribution in [0.4, 0.5) is 11.4 Å². The van der Waals surface area contributed by atoms with E-state index in [1.54, 1.807) is 12.0 Å². The second-order valence-electron chi connectivity index (χ2n) is 7.51. The predicted molar refractivity (Wildman–Crippen MR) is 117 cm³/mol. The Balaban J connectivity index is 0.00000256. The number of ether oxygens (including phenoxy) is 1. The highest BCUT2D eigenvalue weighted by Gasteiger charge is 2.29. The molecule has 7 nitrogen and oxygen atoms in total. The fourth-order valence-electron chi connectivity index (χ4n) is 3.91. The van der Waals surface area contributed by atoms with E-state index in [1.165, 1.54) is 0 Å². The summed E-state index contributed by atoms with van der Waals surface area (Å²) in [5, 5.41) is 15.5. The highest BCUT2D eigenvalue weighted by molar-refractivity contribution is 5.99. The van der Waals surface area contributed by atoms with Crippen molar-refractivity contribution in [2.24, 2.45) is 0 Å². The quantitative estimate of drug-likeness (QED) is 0.672. The third-order valence-corrected chi connectivity index (χ3v) is 5.46. The van der Waals surface area contributed by atoms with Gasteiger partial charge in [-0.2, -0.15) is 0 Å². The molecule has 2 atom stereocenters. The number of amides is 2. The monoisotopic (exact) mass is 431 g/mol. The van der Waals surface area contributed by atoms with Crippen molar-refractivity contribution in [3.05, 3.63) is 53.6 Å². The van der Waals surface area contributed by atoms with Crippen molar-refractivity contribution >= 4 is 35.6 Å². The lowest BCUT2D eigenvalue weighted by atomic mass is 10.1. The summed E-state index contributed by atoms with van der Waals surface area (Å²) in [4.78, 5) is 27.1. The molecule has 0 aliphatic carbocycles. The SMILES string of the molecule is COc1cccc(CC(=O)N2CCc3ccc(NC(=O)C4CC(O)CN4)cc32)c1.Cl. The number of benzene rings is 2. The van der Waals surface area contributed by atoms with E-state index in [0.717, 1.165) is 29.0 Å². The molecule has 2 aliphatic rings. The molecule has 0 spiro atoms. The van der Waals surface area contributed by atoms with Crippen LogP contribution in [0.25, 0.3) is 0 Å². The molecule has 1 fully saturated rings. The van der Waals surface area contributed by atoms with Crippen LogP contribution >= 0.6 is 12.4 Å². The molecule has 2 aliphatic heterocycles. The van der Waals surface area contributed by atoms with Crippen molar-refractivity contribution in [2.45, 2.75) is 31.4 Å². The van der Waals surface area contributed by atoms with Crippen molar-refractivity contribution in [3.63, 3.8) is 0 Å². The van der Waals surface area contributed by atoms with E-state index >= 15 is 0 Å². The topological polar surface area (TPSA) is 90.9 Å². The number of aliphatic hydroxyl groups excluding tert-OH is 1. The first kappa shape index (κ1) is 22.1. The zero-order valence-electron chi connectivity index (χ0n) is 16.8. The number of nitrogens with one attached hydrogen (secondary N) is 2. The Morgan fingerprint density at radius 1 is 1.27 bits per heavy atom. The number of methoxy groups -OCH3 is 1. The van der Waals surface area contributed by atoms with E-state index in [0.29, 0.717) is 25.2 Å². The molecule has 4 rings (SSSR count). The molecule has 8 heteroatoms. The van der Waals surface area contributed by atoms with Crippen molar-refractivity contribution < 1.29 is 19.4 Å². The van der Waals surface area contributed by atoms with Crippen LogP contribution in [0.15, 0.2) is 42.5 Å². The van der Waals surface area contributed by atoms with Crippen molar-refractivity contribution in [1.29, 1.82) is 0 Å². The summed E-state index contributed by atoms with van der Waals surface area (Å²) < 4.78 is 5.23. The minimum Gasteiger partial charge on any atom is -0.497 e. The molecule has 0 saturated carbocycles. The smallest absolute Gasteiger partial charge is 0.241 e. The number of fused-ring (bicyclic) bond motifs is 1. The number of aliphatic hydroxyl groups is 1. The molecule has 0 bridgehead atoms. The lowest BCUT2D eigenvalue weighted by Crippen LogP contribution is -2.35. The van der Waals surface area contributed by atoms with Crippen LogP contribution in [-0.2, 0) is 22.4 Å². The molecular weight excluding hydrogens is 406 g/mol. The van der Waals surface area contributed by atoms with Crippen LogP contribution in [0.3, 0.4) is 0 Å². The van der Waals surface area contributed by atoms with Gasteiger partial charge in [-0.1, -0.05) is 18.2 Å². The third kappa shape index (κ3) is 4.75. The summed E-state index contributed by atoms with van der Waals surface area (Å²) in [6.07, 6.45) is 0.999. The van der Waals surface area contributed by atoms with Gasteiger partial charge in [0.1, 0.15) is 5.75 Å². The van der Waals surface area contributed by atoms with Gasteiger partial charge >= 0.3 is 0 Å². The normalized spacial score (nSPS) is 19.7. The number of anilines is 2. The lowest BCUT2D eigenvalue weighted by Gasteiger charge is -2.19. The number of β-amino-alcohol motifs (C(OH)–C–C–N with tert-alkyl or cyclic N) is 1. The average molecular weight is 432 g/mol. The fourth-order valence-corrected chi connectivity index (χ4v) is 3.91. The Morgan fingerprint density at radius 3 is 2.83 bits per heavy atom. The minimum atomic E-state index is -0.490. The average Bonchev–Trinajstić information content (AvgIpc) is 3.34. The van der Waals surface area contributed by atoms with Crippen molar-refractivity contribution in [1.82, 2.24) is 5.32 Å². The van der Waals surface area contributed by atoms with E-state index in [4.69, 9.17) is 4.74 Å². The van der Waals surface area contributed by atoms with E-state index in [-0.39, 0.29) is 30.6 Å². The second-order valence-corrected chi connectivity index (χ2v) is 7.51. The summed E-state index contributed by atoms with van der Waals surface area (Å²) >= 11 is 0. The number of nitrogens with zero attached hydrogens (tertiary/aromatic N) is 1. The van der Waals surface area contributed by atoms with Crippen molar-refractivity contribution in [3.8, 4) is 5.75 Å². The van der Waals surface area contributed by atoms with Crippen LogP contribution in [0.2, 0.25) is 0 Å². The number of hydrogen-bond donors (Lipinski definition) is 3. The maximum Gasteiger partial charge on any atom is 0.241 e. The van der Waals surface area contributed by atoms with Gasteiger partial charge in [0.2, 0.25) is 11.8 Å². The largest absolute Gasteiger partial charge is 0.497 e. The molecule has 0 aromatic heterocycles. The molecule has 3 N–H and O–H groups in total. The number of carbonyl (C=O) groups is 2. The summed E-state index contributed by atoms with van der Waals surface area (Å²) in [6, 6.07) is 12.8. The molecule has 160 valence electrons. The van der Waals surface area contributed by atoms with Crippen LogP contribution in [0.1, 0.15) is 17.5 Å². The maximum atomic E-state index is 12.9.